The van der Waals surface area contributed by atoms with Gasteiger partial charge in [-0.15, -0.1) is 0 Å². The lowest BCUT2D eigenvalue weighted by molar-refractivity contribution is 0.102. The number of amides is 1. The molecule has 1 atom stereocenters. The summed E-state index contributed by atoms with van der Waals surface area (Å²) < 4.78 is 20.9. The van der Waals surface area contributed by atoms with Gasteiger partial charge < -0.3 is 15.0 Å². The van der Waals surface area contributed by atoms with E-state index in [9.17, 15) is 4.79 Å². The highest BCUT2D eigenvalue weighted by atomic mass is 19.1. The molecule has 6 rings (SSSR count). The molecule has 2 aromatic heterocycles. The van der Waals surface area contributed by atoms with E-state index in [1.165, 1.54) is 6.07 Å². The summed E-state index contributed by atoms with van der Waals surface area (Å²) in [6.07, 6.45) is 13.2. The van der Waals surface area contributed by atoms with Gasteiger partial charge >= 0.3 is 0 Å². The third-order valence-electron chi connectivity index (χ3n) is 6.99. The molecule has 190 valence electrons. The van der Waals surface area contributed by atoms with Gasteiger partial charge in [-0.2, -0.15) is 0 Å². The number of hydrogen-bond donors (Lipinski definition) is 1. The second-order valence-corrected chi connectivity index (χ2v) is 9.49. The molecule has 1 amide bonds. The molecule has 2 aromatic carbocycles. The summed E-state index contributed by atoms with van der Waals surface area (Å²) in [5, 5.41) is 4.64. The Hall–Kier alpha value is -4.36. The quantitative estimate of drug-likeness (QED) is 0.359. The third kappa shape index (κ3) is 4.46. The minimum atomic E-state index is -0.336. The summed E-state index contributed by atoms with van der Waals surface area (Å²) in [5.41, 5.74) is 4.42. The first kappa shape index (κ1) is 24.0. The van der Waals surface area contributed by atoms with Gasteiger partial charge in [0.25, 0.3) is 5.91 Å². The fraction of sp³-hybridized carbons (Fsp3) is 0.194. The molecule has 1 saturated heterocycles. The van der Waals surface area contributed by atoms with E-state index in [1.807, 2.05) is 48.6 Å². The lowest BCUT2D eigenvalue weighted by Crippen LogP contribution is -2.37. The van der Waals surface area contributed by atoms with Crippen LogP contribution in [0.4, 0.5) is 15.8 Å². The summed E-state index contributed by atoms with van der Waals surface area (Å²) in [7, 11) is 0. The first-order valence-electron chi connectivity index (χ1n) is 12.8. The molecule has 0 spiro atoms. The van der Waals surface area contributed by atoms with Crippen molar-refractivity contribution in [2.75, 3.05) is 36.5 Å². The number of morpholine rings is 1. The summed E-state index contributed by atoms with van der Waals surface area (Å²) >= 11 is 0. The van der Waals surface area contributed by atoms with Gasteiger partial charge in [0, 0.05) is 35.6 Å². The first-order chi connectivity index (χ1) is 18.6. The molecule has 0 bridgehead atoms. The zero-order chi connectivity index (χ0) is 26.1. The Balaban J connectivity index is 1.49. The van der Waals surface area contributed by atoms with E-state index < -0.39 is 0 Å². The number of rotatable bonds is 4. The zero-order valence-corrected chi connectivity index (χ0v) is 21.0. The zero-order valence-electron chi connectivity index (χ0n) is 21.0. The van der Waals surface area contributed by atoms with Crippen molar-refractivity contribution in [1.82, 2.24) is 9.97 Å². The first-order valence-corrected chi connectivity index (χ1v) is 12.8. The smallest absolute Gasteiger partial charge is 0.256 e. The van der Waals surface area contributed by atoms with Crippen LogP contribution in [0.5, 0.6) is 0 Å². The highest BCUT2D eigenvalue weighted by Gasteiger charge is 2.23. The number of hydrogen-bond acceptors (Lipinski definition) is 5. The molecule has 0 radical (unpaired) electrons. The van der Waals surface area contributed by atoms with Crippen molar-refractivity contribution in [3.05, 3.63) is 102 Å². The monoisotopic (exact) mass is 506 g/mol. The van der Waals surface area contributed by atoms with Crippen molar-refractivity contribution in [3.8, 4) is 0 Å². The number of benzene rings is 2. The van der Waals surface area contributed by atoms with E-state index in [-0.39, 0.29) is 17.6 Å². The Kier molecular flexibility index (Phi) is 6.43. The van der Waals surface area contributed by atoms with Gasteiger partial charge in [-0.25, -0.2) is 4.39 Å². The molecular weight excluding hydrogens is 479 g/mol. The molecule has 1 fully saturated rings. The molecule has 1 aliphatic heterocycles. The fourth-order valence-electron chi connectivity index (χ4n) is 5.08. The summed E-state index contributed by atoms with van der Waals surface area (Å²) in [6.45, 7) is 4.51. The Bertz CT molecular complexity index is 1630. The lowest BCUT2D eigenvalue weighted by atomic mass is 9.98. The van der Waals surface area contributed by atoms with Gasteiger partial charge in [-0.3, -0.25) is 14.8 Å². The van der Waals surface area contributed by atoms with Gasteiger partial charge in [-0.05, 0) is 35.8 Å². The van der Waals surface area contributed by atoms with E-state index in [2.05, 4.69) is 28.2 Å². The number of fused-ring (bicyclic) bond motifs is 2. The average molecular weight is 507 g/mol. The second kappa shape index (κ2) is 10.2. The van der Waals surface area contributed by atoms with Crippen LogP contribution >= 0.6 is 0 Å². The van der Waals surface area contributed by atoms with Gasteiger partial charge in [0.2, 0.25) is 0 Å². The van der Waals surface area contributed by atoms with Crippen LogP contribution in [0.25, 0.3) is 27.4 Å². The van der Waals surface area contributed by atoms with Crippen molar-refractivity contribution in [3.63, 3.8) is 0 Å². The van der Waals surface area contributed by atoms with Crippen molar-refractivity contribution in [1.29, 1.82) is 0 Å². The van der Waals surface area contributed by atoms with E-state index in [1.54, 1.807) is 24.5 Å². The Morgan fingerprint density at radius 2 is 1.89 bits per heavy atom. The molecule has 3 heterocycles. The minimum Gasteiger partial charge on any atom is -0.378 e. The Morgan fingerprint density at radius 3 is 2.76 bits per heavy atom. The number of pyridine rings is 2. The number of nitrogens with zero attached hydrogens (tertiary/aromatic N) is 3. The summed E-state index contributed by atoms with van der Waals surface area (Å²) in [6, 6.07) is 12.5. The van der Waals surface area contributed by atoms with Crippen molar-refractivity contribution in [2.45, 2.75) is 6.92 Å². The van der Waals surface area contributed by atoms with Crippen molar-refractivity contribution < 1.29 is 13.9 Å². The molecular formula is C31H27FN4O2. The molecule has 6 nitrogen and oxygen atoms in total. The highest BCUT2D eigenvalue weighted by Crippen LogP contribution is 2.39. The molecule has 1 N–H and O–H groups in total. The number of carbonyl (C=O) groups excluding carboxylic acids is 1. The largest absolute Gasteiger partial charge is 0.378 e. The molecule has 2 aliphatic rings. The number of nitrogens with one attached hydrogen (secondary N) is 1. The van der Waals surface area contributed by atoms with Crippen LogP contribution < -0.4 is 10.2 Å². The van der Waals surface area contributed by atoms with E-state index in [0.29, 0.717) is 48.6 Å². The predicted molar refractivity (Wildman–Crippen MR) is 150 cm³/mol. The molecule has 1 unspecified atom stereocenters. The van der Waals surface area contributed by atoms with E-state index in [4.69, 9.17) is 9.72 Å². The van der Waals surface area contributed by atoms with E-state index >= 15 is 4.39 Å². The van der Waals surface area contributed by atoms with Gasteiger partial charge in [0.15, 0.2) is 0 Å². The van der Waals surface area contributed by atoms with Crippen LogP contribution in [0.1, 0.15) is 22.8 Å². The van der Waals surface area contributed by atoms with Crippen LogP contribution in [0.2, 0.25) is 0 Å². The fourth-order valence-corrected chi connectivity index (χ4v) is 5.08. The highest BCUT2D eigenvalue weighted by molar-refractivity contribution is 6.15. The predicted octanol–water partition coefficient (Wildman–Crippen LogP) is 6.16. The maximum Gasteiger partial charge on any atom is 0.256 e. The number of carbonyl (C=O) groups is 1. The van der Waals surface area contributed by atoms with Crippen molar-refractivity contribution >= 4 is 44.7 Å². The van der Waals surface area contributed by atoms with Gasteiger partial charge in [0.05, 0.1) is 47.4 Å². The topological polar surface area (TPSA) is 67.3 Å². The van der Waals surface area contributed by atoms with E-state index in [0.717, 1.165) is 27.5 Å². The van der Waals surface area contributed by atoms with Gasteiger partial charge in [-0.1, -0.05) is 55.5 Å². The lowest BCUT2D eigenvalue weighted by Gasteiger charge is -2.31. The molecule has 0 saturated carbocycles. The second-order valence-electron chi connectivity index (χ2n) is 9.49. The maximum absolute atomic E-state index is 15.3. The normalized spacial score (nSPS) is 17.5. The SMILES string of the molecule is CC1C=CC=C(c2c(F)ccc3c(N4CCOCC4)c(NC(=O)c4ccnc5ccccc45)cnc23)C=C1. The van der Waals surface area contributed by atoms with Crippen LogP contribution in [-0.2, 0) is 4.74 Å². The number of para-hydroxylation sites is 1. The number of halogens is 1. The molecule has 38 heavy (non-hydrogen) atoms. The summed E-state index contributed by atoms with van der Waals surface area (Å²) in [5.74, 6) is -0.336. The Labute approximate surface area is 220 Å². The van der Waals surface area contributed by atoms with Gasteiger partial charge in [0.1, 0.15) is 5.82 Å². The third-order valence-corrected chi connectivity index (χ3v) is 6.99. The maximum atomic E-state index is 15.3. The molecule has 1 aliphatic carbocycles. The van der Waals surface area contributed by atoms with Crippen molar-refractivity contribution in [2.24, 2.45) is 5.92 Å². The minimum absolute atomic E-state index is 0.254. The summed E-state index contributed by atoms with van der Waals surface area (Å²) in [4.78, 5) is 24.8. The van der Waals surface area contributed by atoms with Crippen LogP contribution in [0.3, 0.4) is 0 Å². The number of aromatic nitrogens is 2. The molecule has 7 heteroatoms. The van der Waals surface area contributed by atoms with Crippen LogP contribution in [0.15, 0.2) is 85.2 Å². The number of allylic oxidation sites excluding steroid dienone is 6. The Morgan fingerprint density at radius 1 is 1.05 bits per heavy atom. The van der Waals surface area contributed by atoms with Crippen LogP contribution in [-0.4, -0.2) is 42.2 Å². The average Bonchev–Trinajstić information content (AvgIpc) is 3.17. The van der Waals surface area contributed by atoms with Crippen LogP contribution in [0, 0.1) is 11.7 Å². The standard InChI is InChI=1S/C31H27FN4O2/c1-20-5-4-6-21(10-9-20)28-25(32)12-11-24-29(28)34-19-27(30(24)36-15-17-38-18-16-36)35-31(37)23-13-14-33-26-8-3-2-7-22(23)26/h2-14,19-20H,15-18H2,1H3,(H,35,37). The molecule has 4 aromatic rings. The number of anilines is 2. The number of ether oxygens (including phenoxy) is 1.